The van der Waals surface area contributed by atoms with Crippen molar-refractivity contribution in [2.75, 3.05) is 62.4 Å². The van der Waals surface area contributed by atoms with Crippen LogP contribution in [0.25, 0.3) is 10.8 Å². The Hall–Kier alpha value is -4.63. The molecular weight excluding hydrogens is 536 g/mol. The van der Waals surface area contributed by atoms with Gasteiger partial charge in [0.25, 0.3) is 5.91 Å². The molecule has 0 saturated carbocycles. The van der Waals surface area contributed by atoms with E-state index in [9.17, 15) is 20.0 Å². The SMILES string of the molecule is COc1cc(NC(=O)c2cc(N3CCN(C(=O)O)[C@@H](CC#N)C3)nc(NCCC3CCCN3C)n2)c2ccccc2c1. The van der Waals surface area contributed by atoms with E-state index in [-0.39, 0.29) is 25.2 Å². The monoisotopic (exact) mass is 572 g/mol. The van der Waals surface area contributed by atoms with Crippen LogP contribution in [0, 0.1) is 11.3 Å². The maximum atomic E-state index is 13.7. The van der Waals surface area contributed by atoms with Crippen LogP contribution in [0.3, 0.4) is 0 Å². The average Bonchev–Trinajstić information content (AvgIpc) is 3.41. The van der Waals surface area contributed by atoms with Gasteiger partial charge >= 0.3 is 6.09 Å². The van der Waals surface area contributed by atoms with Gasteiger partial charge in [-0.2, -0.15) is 10.2 Å². The van der Waals surface area contributed by atoms with E-state index in [4.69, 9.17) is 9.72 Å². The predicted molar refractivity (Wildman–Crippen MR) is 160 cm³/mol. The Labute approximate surface area is 244 Å². The molecule has 12 nitrogen and oxygen atoms in total. The number of amides is 2. The second-order valence-electron chi connectivity index (χ2n) is 10.7. The molecular formula is C30H36N8O4. The fraction of sp³-hybridized carbons (Fsp3) is 0.433. The lowest BCUT2D eigenvalue weighted by Crippen LogP contribution is -2.55. The Morgan fingerprint density at radius 3 is 2.71 bits per heavy atom. The smallest absolute Gasteiger partial charge is 0.407 e. The van der Waals surface area contributed by atoms with Gasteiger partial charge in [0, 0.05) is 49.7 Å². The molecule has 2 aliphatic rings. The number of piperazine rings is 1. The first kappa shape index (κ1) is 28.9. The average molecular weight is 573 g/mol. The summed E-state index contributed by atoms with van der Waals surface area (Å²) in [6, 6.07) is 15.1. The van der Waals surface area contributed by atoms with Crippen molar-refractivity contribution in [1.29, 1.82) is 5.26 Å². The number of rotatable bonds is 9. The summed E-state index contributed by atoms with van der Waals surface area (Å²) in [5, 5.41) is 27.0. The van der Waals surface area contributed by atoms with E-state index in [0.717, 1.165) is 30.2 Å². The van der Waals surface area contributed by atoms with E-state index in [1.165, 1.54) is 11.3 Å². The van der Waals surface area contributed by atoms with Crippen LogP contribution in [-0.4, -0.2) is 95.8 Å². The molecule has 2 amide bonds. The lowest BCUT2D eigenvalue weighted by Gasteiger charge is -2.39. The largest absolute Gasteiger partial charge is 0.497 e. The summed E-state index contributed by atoms with van der Waals surface area (Å²) in [6.45, 7) is 2.61. The van der Waals surface area contributed by atoms with E-state index in [1.54, 1.807) is 19.2 Å². The van der Waals surface area contributed by atoms with Crippen molar-refractivity contribution >= 4 is 40.2 Å². The first-order chi connectivity index (χ1) is 20.4. The fourth-order valence-electron chi connectivity index (χ4n) is 5.77. The van der Waals surface area contributed by atoms with Gasteiger partial charge in [-0.25, -0.2) is 9.78 Å². The van der Waals surface area contributed by atoms with Gasteiger partial charge in [-0.15, -0.1) is 0 Å². The third-order valence-electron chi connectivity index (χ3n) is 8.08. The molecule has 42 heavy (non-hydrogen) atoms. The zero-order valence-electron chi connectivity index (χ0n) is 23.9. The van der Waals surface area contributed by atoms with Crippen molar-refractivity contribution in [3.05, 3.63) is 48.2 Å². The minimum Gasteiger partial charge on any atom is -0.497 e. The lowest BCUT2D eigenvalue weighted by atomic mass is 10.1. The van der Waals surface area contributed by atoms with Crippen molar-refractivity contribution in [3.63, 3.8) is 0 Å². The molecule has 5 rings (SSSR count). The third kappa shape index (κ3) is 6.47. The van der Waals surface area contributed by atoms with Crippen molar-refractivity contribution in [2.24, 2.45) is 0 Å². The number of fused-ring (bicyclic) bond motifs is 1. The van der Waals surface area contributed by atoms with Gasteiger partial charge in [0.15, 0.2) is 0 Å². The van der Waals surface area contributed by atoms with Gasteiger partial charge in [0.1, 0.15) is 17.3 Å². The highest BCUT2D eigenvalue weighted by Crippen LogP contribution is 2.30. The highest BCUT2D eigenvalue weighted by Gasteiger charge is 2.31. The molecule has 2 aliphatic heterocycles. The zero-order valence-corrected chi connectivity index (χ0v) is 23.9. The number of benzene rings is 2. The Morgan fingerprint density at radius 2 is 1.98 bits per heavy atom. The number of carbonyl (C=O) groups excluding carboxylic acids is 1. The third-order valence-corrected chi connectivity index (χ3v) is 8.08. The summed E-state index contributed by atoms with van der Waals surface area (Å²) >= 11 is 0. The minimum absolute atomic E-state index is 0.0597. The zero-order chi connectivity index (χ0) is 29.6. The fourth-order valence-corrected chi connectivity index (χ4v) is 5.77. The van der Waals surface area contributed by atoms with Gasteiger partial charge in [-0.1, -0.05) is 24.3 Å². The number of anilines is 3. The topological polar surface area (TPSA) is 147 Å². The van der Waals surface area contributed by atoms with Crippen molar-refractivity contribution in [3.8, 4) is 11.8 Å². The molecule has 2 saturated heterocycles. The van der Waals surface area contributed by atoms with Crippen LogP contribution < -0.4 is 20.3 Å². The standard InChI is InChI=1S/C30H36N8O4/c1-36-13-5-7-21(36)10-12-32-29-34-26(18-27(35-29)37-14-15-38(30(40)41)22(19-37)9-11-31)28(39)33-25-17-23(42-2)16-20-6-3-4-8-24(20)25/h3-4,6,8,16-18,21-22H,5,7,9-10,12-15,19H2,1-2H3,(H,33,39)(H,40,41)(H,32,34,35)/t21?,22-/m0/s1. The molecule has 0 bridgehead atoms. The minimum atomic E-state index is -1.05. The molecule has 3 heterocycles. The Bertz CT molecular complexity index is 1490. The number of hydrogen-bond acceptors (Lipinski definition) is 9. The lowest BCUT2D eigenvalue weighted by molar-refractivity contribution is 0.102. The van der Waals surface area contributed by atoms with Gasteiger partial charge in [-0.3, -0.25) is 4.79 Å². The normalized spacial score (nSPS) is 19.0. The summed E-state index contributed by atoms with van der Waals surface area (Å²) in [5.41, 5.74) is 0.767. The summed E-state index contributed by atoms with van der Waals surface area (Å²) in [7, 11) is 3.71. The molecule has 2 fully saturated rings. The molecule has 2 atom stereocenters. The van der Waals surface area contributed by atoms with Crippen LogP contribution in [0.1, 0.15) is 36.2 Å². The number of carboxylic acid groups (broad SMARTS) is 1. The van der Waals surface area contributed by atoms with E-state index in [2.05, 4.69) is 33.6 Å². The van der Waals surface area contributed by atoms with Gasteiger partial charge in [-0.05, 0) is 44.3 Å². The maximum absolute atomic E-state index is 13.7. The second kappa shape index (κ2) is 12.9. The van der Waals surface area contributed by atoms with Gasteiger partial charge in [0.05, 0.1) is 31.3 Å². The number of methoxy groups -OCH3 is 1. The van der Waals surface area contributed by atoms with E-state index in [1.807, 2.05) is 35.2 Å². The van der Waals surface area contributed by atoms with Crippen LogP contribution >= 0.6 is 0 Å². The van der Waals surface area contributed by atoms with Crippen LogP contribution in [0.5, 0.6) is 5.75 Å². The van der Waals surface area contributed by atoms with Crippen LogP contribution in [0.4, 0.5) is 22.2 Å². The molecule has 1 unspecified atom stereocenters. The first-order valence-corrected chi connectivity index (χ1v) is 14.2. The number of likely N-dealkylation sites (tertiary alicyclic amines) is 1. The van der Waals surface area contributed by atoms with Crippen LogP contribution in [-0.2, 0) is 0 Å². The maximum Gasteiger partial charge on any atom is 0.407 e. The molecule has 1 aromatic heterocycles. The number of nitrogens with one attached hydrogen (secondary N) is 2. The van der Waals surface area contributed by atoms with E-state index in [0.29, 0.717) is 42.3 Å². The Morgan fingerprint density at radius 1 is 1.14 bits per heavy atom. The summed E-state index contributed by atoms with van der Waals surface area (Å²) < 4.78 is 5.45. The Kier molecular flexibility index (Phi) is 8.88. The molecule has 220 valence electrons. The van der Waals surface area contributed by atoms with Crippen molar-refractivity contribution in [1.82, 2.24) is 19.8 Å². The molecule has 0 spiro atoms. The summed E-state index contributed by atoms with van der Waals surface area (Å²) in [4.78, 5) is 40.2. The molecule has 3 N–H and O–H groups in total. The van der Waals surface area contributed by atoms with Crippen LogP contribution in [0.2, 0.25) is 0 Å². The van der Waals surface area contributed by atoms with Crippen LogP contribution in [0.15, 0.2) is 42.5 Å². The highest BCUT2D eigenvalue weighted by atomic mass is 16.5. The van der Waals surface area contributed by atoms with Gasteiger partial charge in [0.2, 0.25) is 5.95 Å². The number of nitrogens with zero attached hydrogens (tertiary/aromatic N) is 6. The number of nitriles is 1. The number of aromatic nitrogens is 2. The van der Waals surface area contributed by atoms with E-state index < -0.39 is 18.0 Å². The van der Waals surface area contributed by atoms with Gasteiger partial charge < -0.3 is 35.2 Å². The molecule has 2 aromatic carbocycles. The molecule has 0 aliphatic carbocycles. The first-order valence-electron chi connectivity index (χ1n) is 14.2. The van der Waals surface area contributed by atoms with Crippen molar-refractivity contribution < 1.29 is 19.4 Å². The molecule has 0 radical (unpaired) electrons. The second-order valence-corrected chi connectivity index (χ2v) is 10.7. The summed E-state index contributed by atoms with van der Waals surface area (Å²) in [6.07, 6.45) is 2.26. The number of carbonyl (C=O) groups is 2. The predicted octanol–water partition coefficient (Wildman–Crippen LogP) is 3.87. The number of hydrogen-bond donors (Lipinski definition) is 3. The Balaban J connectivity index is 1.42. The molecule has 12 heteroatoms. The van der Waals surface area contributed by atoms with E-state index >= 15 is 0 Å². The van der Waals surface area contributed by atoms with Crippen molar-refractivity contribution in [2.45, 2.75) is 37.8 Å². The summed E-state index contributed by atoms with van der Waals surface area (Å²) in [5.74, 6) is 1.03. The molecule has 3 aromatic rings. The highest BCUT2D eigenvalue weighted by molar-refractivity contribution is 6.09. The quantitative estimate of drug-likeness (QED) is 0.345. The number of ether oxygens (including phenoxy) is 1.